The summed E-state index contributed by atoms with van der Waals surface area (Å²) in [4.78, 5) is 31.8. The summed E-state index contributed by atoms with van der Waals surface area (Å²) in [6.45, 7) is 7.29. The number of piperidine rings is 1. The molecule has 0 spiro atoms. The predicted molar refractivity (Wildman–Crippen MR) is 154 cm³/mol. The summed E-state index contributed by atoms with van der Waals surface area (Å²) in [7, 11) is 0. The molecule has 5 atom stereocenters. The van der Waals surface area contributed by atoms with Crippen LogP contribution in [0.15, 0.2) is 23.3 Å². The van der Waals surface area contributed by atoms with E-state index in [0.29, 0.717) is 32.1 Å². The molecule has 0 aromatic heterocycles. The number of allylic oxidation sites excluding steroid dienone is 1. The van der Waals surface area contributed by atoms with Crippen molar-refractivity contribution in [1.29, 1.82) is 0 Å². The summed E-state index contributed by atoms with van der Waals surface area (Å²) >= 11 is 0. The third kappa shape index (κ3) is 7.52. The monoisotopic (exact) mass is 591 g/mol. The van der Waals surface area contributed by atoms with Crippen LogP contribution in [-0.4, -0.2) is 77.9 Å². The Kier molecular flexibility index (Phi) is 10.3. The van der Waals surface area contributed by atoms with Gasteiger partial charge in [0.15, 0.2) is 11.6 Å². The number of benzene rings is 1. The number of hydrogen-bond acceptors (Lipinski definition) is 8. The first-order valence-electron chi connectivity index (χ1n) is 14.6. The van der Waals surface area contributed by atoms with E-state index < -0.39 is 47.5 Å². The number of likely N-dealkylation sites (tertiary alicyclic amines) is 1. The number of hydrogen-bond donors (Lipinski definition) is 4. The Bertz CT molecular complexity index is 1200. The SMILES string of the molecule is CC(C)(C)OC(O)N1[C@@H]2CC[C@@H](C2)[C@H]1C(=O)N[C@@H](Cc1ccc(C(C=NCC2CCOCC2)=CN)c(F)c1F)C(N)=O. The van der Waals surface area contributed by atoms with Gasteiger partial charge >= 0.3 is 0 Å². The largest absolute Gasteiger partial charge is 0.404 e. The highest BCUT2D eigenvalue weighted by atomic mass is 19.2. The smallest absolute Gasteiger partial charge is 0.240 e. The van der Waals surface area contributed by atoms with E-state index in [2.05, 4.69) is 10.3 Å². The molecule has 1 aromatic rings. The second-order valence-corrected chi connectivity index (χ2v) is 12.4. The van der Waals surface area contributed by atoms with Crippen molar-refractivity contribution >= 4 is 23.6 Å². The quantitative estimate of drug-likeness (QED) is 0.227. The summed E-state index contributed by atoms with van der Waals surface area (Å²) in [5, 5.41) is 13.4. The Balaban J connectivity index is 1.45. The van der Waals surface area contributed by atoms with Crippen LogP contribution < -0.4 is 16.8 Å². The van der Waals surface area contributed by atoms with Gasteiger partial charge in [-0.3, -0.25) is 14.6 Å². The van der Waals surface area contributed by atoms with Gasteiger partial charge in [0.25, 0.3) is 0 Å². The zero-order valence-electron chi connectivity index (χ0n) is 24.5. The van der Waals surface area contributed by atoms with E-state index in [0.717, 1.165) is 31.9 Å². The van der Waals surface area contributed by atoms with Crippen molar-refractivity contribution in [2.24, 2.45) is 28.3 Å². The van der Waals surface area contributed by atoms with E-state index in [1.54, 1.807) is 25.7 Å². The molecule has 2 bridgehead atoms. The number of rotatable bonds is 11. The van der Waals surface area contributed by atoms with Crippen LogP contribution in [0.2, 0.25) is 0 Å². The lowest BCUT2D eigenvalue weighted by Gasteiger charge is -2.39. The minimum atomic E-state index is -1.31. The van der Waals surface area contributed by atoms with E-state index in [4.69, 9.17) is 20.9 Å². The Morgan fingerprint density at radius 1 is 1.21 bits per heavy atom. The topological polar surface area (TPSA) is 152 Å². The van der Waals surface area contributed by atoms with Gasteiger partial charge in [-0.25, -0.2) is 13.7 Å². The lowest BCUT2D eigenvalue weighted by Crippen LogP contribution is -2.59. The zero-order chi connectivity index (χ0) is 30.6. The first-order valence-corrected chi connectivity index (χ1v) is 14.6. The summed E-state index contributed by atoms with van der Waals surface area (Å²) in [5.74, 6) is -3.39. The van der Waals surface area contributed by atoms with Crippen LogP contribution in [-0.2, 0) is 25.5 Å². The Morgan fingerprint density at radius 2 is 1.93 bits per heavy atom. The number of aliphatic hydroxyl groups excluding tert-OH is 1. The van der Waals surface area contributed by atoms with E-state index in [1.165, 1.54) is 18.3 Å². The molecule has 2 aliphatic heterocycles. The molecule has 2 heterocycles. The van der Waals surface area contributed by atoms with Crippen LogP contribution in [0, 0.1) is 23.5 Å². The van der Waals surface area contributed by atoms with E-state index in [-0.39, 0.29) is 35.1 Å². The van der Waals surface area contributed by atoms with Gasteiger partial charge in [-0.1, -0.05) is 12.1 Å². The number of primary amides is 1. The highest BCUT2D eigenvalue weighted by Crippen LogP contribution is 2.44. The van der Waals surface area contributed by atoms with Gasteiger partial charge in [0.1, 0.15) is 6.04 Å². The minimum absolute atomic E-state index is 0.0372. The van der Waals surface area contributed by atoms with Crippen molar-refractivity contribution in [2.75, 3.05) is 19.8 Å². The molecule has 6 N–H and O–H groups in total. The van der Waals surface area contributed by atoms with Crippen molar-refractivity contribution in [3.8, 4) is 0 Å². The summed E-state index contributed by atoms with van der Waals surface area (Å²) in [5.41, 5.74) is 10.7. The van der Waals surface area contributed by atoms with Crippen LogP contribution in [0.4, 0.5) is 8.78 Å². The Morgan fingerprint density at radius 3 is 2.57 bits per heavy atom. The second-order valence-electron chi connectivity index (χ2n) is 12.4. The summed E-state index contributed by atoms with van der Waals surface area (Å²) in [6.07, 6.45) is 5.01. The van der Waals surface area contributed by atoms with Crippen LogP contribution in [0.5, 0.6) is 0 Å². The molecular formula is C30H43F2N5O5. The molecule has 2 amide bonds. The average molecular weight is 592 g/mol. The number of amides is 2. The molecule has 1 aliphatic carbocycles. The van der Waals surface area contributed by atoms with E-state index in [1.807, 2.05) is 0 Å². The van der Waals surface area contributed by atoms with Gasteiger partial charge in [0.05, 0.1) is 11.6 Å². The van der Waals surface area contributed by atoms with E-state index >= 15 is 8.78 Å². The molecule has 2 saturated heterocycles. The average Bonchev–Trinajstić information content (AvgIpc) is 3.55. The molecule has 3 fully saturated rings. The van der Waals surface area contributed by atoms with Crippen molar-refractivity contribution in [3.63, 3.8) is 0 Å². The van der Waals surface area contributed by atoms with Gasteiger partial charge < -0.3 is 31.4 Å². The van der Waals surface area contributed by atoms with Crippen LogP contribution in [0.1, 0.15) is 64.0 Å². The third-order valence-corrected chi connectivity index (χ3v) is 8.29. The van der Waals surface area contributed by atoms with Gasteiger partial charge in [0.2, 0.25) is 18.2 Å². The van der Waals surface area contributed by atoms with Crippen molar-refractivity contribution in [3.05, 3.63) is 41.1 Å². The zero-order valence-corrected chi connectivity index (χ0v) is 24.5. The number of nitrogens with zero attached hydrogens (tertiary/aromatic N) is 2. The molecular weight excluding hydrogens is 548 g/mol. The highest BCUT2D eigenvalue weighted by molar-refractivity contribution is 6.09. The number of carbonyl (C=O) groups excluding carboxylic acids is 2. The first kappa shape index (κ1) is 32.0. The number of fused-ring (bicyclic) bond motifs is 2. The van der Waals surface area contributed by atoms with Gasteiger partial charge in [-0.15, -0.1) is 0 Å². The fraction of sp³-hybridized carbons (Fsp3) is 0.633. The number of carbonyl (C=O) groups is 2. The van der Waals surface area contributed by atoms with Crippen molar-refractivity contribution in [1.82, 2.24) is 10.2 Å². The molecule has 3 aliphatic rings. The third-order valence-electron chi connectivity index (χ3n) is 8.29. The minimum Gasteiger partial charge on any atom is -0.404 e. The van der Waals surface area contributed by atoms with Gasteiger partial charge in [-0.05, 0) is 70.3 Å². The van der Waals surface area contributed by atoms with Crippen LogP contribution in [0.25, 0.3) is 5.57 Å². The molecule has 10 nitrogen and oxygen atoms in total. The molecule has 4 rings (SSSR count). The van der Waals surface area contributed by atoms with Crippen LogP contribution >= 0.6 is 0 Å². The molecule has 12 heteroatoms. The van der Waals surface area contributed by atoms with Gasteiger partial charge in [-0.2, -0.15) is 0 Å². The number of nitrogens with two attached hydrogens (primary N) is 2. The highest BCUT2D eigenvalue weighted by Gasteiger charge is 2.52. The maximum Gasteiger partial charge on any atom is 0.240 e. The maximum atomic E-state index is 15.3. The fourth-order valence-electron chi connectivity index (χ4n) is 6.17. The normalized spacial score (nSPS) is 25.2. The molecule has 1 aromatic carbocycles. The predicted octanol–water partition coefficient (Wildman–Crippen LogP) is 2.22. The number of nitrogens with one attached hydrogen (secondary N) is 1. The Labute approximate surface area is 245 Å². The lowest BCUT2D eigenvalue weighted by molar-refractivity contribution is -0.254. The first-order chi connectivity index (χ1) is 19.9. The molecule has 1 saturated carbocycles. The van der Waals surface area contributed by atoms with Gasteiger partial charge in [0, 0.05) is 55.8 Å². The van der Waals surface area contributed by atoms with Crippen molar-refractivity contribution in [2.45, 2.75) is 89.4 Å². The lowest BCUT2D eigenvalue weighted by atomic mass is 9.96. The number of halogens is 2. The molecule has 1 unspecified atom stereocenters. The summed E-state index contributed by atoms with van der Waals surface area (Å²) in [6, 6.07) is 0.620. The fourth-order valence-corrected chi connectivity index (χ4v) is 6.17. The van der Waals surface area contributed by atoms with E-state index in [9.17, 15) is 14.7 Å². The maximum absolute atomic E-state index is 15.3. The number of aliphatic imine (C=N–C) groups is 1. The number of ether oxygens (including phenoxy) is 2. The number of aliphatic hydroxyl groups is 1. The molecule has 0 radical (unpaired) electrons. The second kappa shape index (κ2) is 13.6. The van der Waals surface area contributed by atoms with Crippen molar-refractivity contribution < 1.29 is 33.0 Å². The standard InChI is InChI=1S/C30H43F2N5O5/c1-30(2,3)42-29(40)37-21-6-4-19(12-21)26(37)28(39)36-23(27(34)38)13-18-5-7-22(25(32)24(18)31)20(14-33)16-35-15-17-8-10-41-11-9-17/h5,7,14,16-17,19,21,23,26,29,40H,4,6,8-13,15,33H2,1-3H3,(H2,34,38)(H,36,39)/t19-,21+,23-,26-,29?/m0/s1. The summed E-state index contributed by atoms with van der Waals surface area (Å²) < 4.78 is 41.5. The Hall–Kier alpha value is -2.93. The van der Waals surface area contributed by atoms with Crippen LogP contribution in [0.3, 0.4) is 0 Å². The molecule has 42 heavy (non-hydrogen) atoms. The molecule has 232 valence electrons.